The first-order valence-electron chi connectivity index (χ1n) is 10.5. The van der Waals surface area contributed by atoms with Crippen LogP contribution in [-0.4, -0.2) is 49.4 Å². The van der Waals surface area contributed by atoms with Crippen molar-refractivity contribution >= 4 is 18.5 Å². The zero-order chi connectivity index (χ0) is 25.3. The van der Waals surface area contributed by atoms with Gasteiger partial charge in [-0.05, 0) is 37.8 Å². The molecule has 0 fully saturated rings. The molecule has 4 heterocycles. The molecule has 35 heavy (non-hydrogen) atoms. The summed E-state index contributed by atoms with van der Waals surface area (Å²) < 4.78 is 24.6. The molecular formula is C20H23N4O9PS. The highest BCUT2D eigenvalue weighted by Crippen LogP contribution is 2.44. The molecule has 0 aliphatic carbocycles. The number of ether oxygens (including phenoxy) is 2. The number of hydrogen-bond acceptors (Lipinski definition) is 9. The molecule has 3 N–H and O–H groups in total. The Morgan fingerprint density at radius 2 is 1.26 bits per heavy atom. The van der Waals surface area contributed by atoms with Gasteiger partial charge in [-0.1, -0.05) is 12.2 Å². The minimum absolute atomic E-state index is 0.131. The number of H-pyrrole nitrogens is 2. The van der Waals surface area contributed by atoms with Gasteiger partial charge in [-0.25, -0.2) is 9.59 Å². The number of hydrogen-bond donors (Lipinski definition) is 3. The molecule has 2 aromatic heterocycles. The van der Waals surface area contributed by atoms with Crippen LogP contribution in [0.3, 0.4) is 0 Å². The van der Waals surface area contributed by atoms with Gasteiger partial charge >= 0.3 is 18.1 Å². The average molecular weight is 526 g/mol. The van der Waals surface area contributed by atoms with Crippen molar-refractivity contribution in [2.24, 2.45) is 0 Å². The van der Waals surface area contributed by atoms with Crippen molar-refractivity contribution in [3.63, 3.8) is 0 Å². The third-order valence-corrected chi connectivity index (χ3v) is 6.84. The summed E-state index contributed by atoms with van der Waals surface area (Å²) in [5.41, 5.74) is -1.47. The van der Waals surface area contributed by atoms with Crippen molar-refractivity contribution in [3.8, 4) is 0 Å². The first-order valence-corrected chi connectivity index (χ1v) is 13.0. The smallest absolute Gasteiger partial charge is 0.330 e. The highest BCUT2D eigenvalue weighted by molar-refractivity contribution is 8.07. The van der Waals surface area contributed by atoms with Gasteiger partial charge in [0.15, 0.2) is 12.5 Å². The molecule has 4 atom stereocenters. The average Bonchev–Trinajstić information content (AvgIpc) is 3.46. The summed E-state index contributed by atoms with van der Waals surface area (Å²) in [5, 5.41) is 0. The quantitative estimate of drug-likeness (QED) is 0.311. The van der Waals surface area contributed by atoms with Gasteiger partial charge in [0.2, 0.25) is 0 Å². The molecule has 0 amide bonds. The van der Waals surface area contributed by atoms with Crippen LogP contribution in [0.5, 0.6) is 0 Å². The highest BCUT2D eigenvalue weighted by Gasteiger charge is 2.28. The molecule has 13 nitrogen and oxygen atoms in total. The van der Waals surface area contributed by atoms with E-state index in [1.807, 2.05) is 0 Å². The summed E-state index contributed by atoms with van der Waals surface area (Å²) in [5.74, 6) is 0. The fraction of sp³-hybridized carbons (Fsp3) is 0.400. The first-order chi connectivity index (χ1) is 16.5. The molecule has 188 valence electrons. The van der Waals surface area contributed by atoms with Crippen LogP contribution in [-0.2, 0) is 30.3 Å². The van der Waals surface area contributed by atoms with Crippen molar-refractivity contribution in [3.05, 3.63) is 89.5 Å². The van der Waals surface area contributed by atoms with Crippen LogP contribution in [0.4, 0.5) is 0 Å². The third kappa shape index (κ3) is 5.93. The number of nitrogens with zero attached hydrogens (tertiary/aromatic N) is 2. The standard InChI is InChI=1S/C20H23N4O9PS/c1-11-7-23(19(27)21-17(11)25)15-5-3-13(32-15)9-30-34(29,35)31-10-14-4-6-16(33-14)24-8-12(2)18(26)22-20(24)28/h3-8,13-16H,9-10H2,1-2H3,(H,29,35)(H,21,25,27)(H,22,26,28)/t13-,14-,15+,16+/m0/s1. The van der Waals surface area contributed by atoms with Gasteiger partial charge in [-0.2, -0.15) is 0 Å². The van der Waals surface area contributed by atoms with Gasteiger partial charge in [0.05, 0.1) is 13.2 Å². The number of aryl methyl sites for hydroxylation is 2. The number of nitrogens with one attached hydrogen (secondary N) is 2. The van der Waals surface area contributed by atoms with E-state index in [1.165, 1.54) is 21.5 Å². The SMILES string of the molecule is Cc1cn([C@H]2C=C[C@@H](COP(O)(=S)OC[C@@H]3C=C[C@H](n4cc(C)c(=O)[nH]c4=O)O3)O2)c(=O)[nH]c1=O. The Hall–Kier alpha value is -2.71. The summed E-state index contributed by atoms with van der Waals surface area (Å²) in [6.45, 7) is -0.781. The van der Waals surface area contributed by atoms with Crippen LogP contribution < -0.4 is 22.5 Å². The molecule has 0 spiro atoms. The largest absolute Gasteiger partial charge is 0.344 e. The van der Waals surface area contributed by atoms with Gasteiger partial charge in [-0.3, -0.25) is 28.7 Å². The van der Waals surface area contributed by atoms with Gasteiger partial charge in [0.25, 0.3) is 11.1 Å². The van der Waals surface area contributed by atoms with E-state index in [0.29, 0.717) is 11.1 Å². The van der Waals surface area contributed by atoms with Gasteiger partial charge in [-0.15, -0.1) is 0 Å². The second kappa shape index (κ2) is 10.1. The Balaban J connectivity index is 1.26. The number of rotatable bonds is 8. The predicted octanol–water partition coefficient (Wildman–Crippen LogP) is -0.139. The van der Waals surface area contributed by atoms with E-state index in [4.69, 9.17) is 30.3 Å². The molecule has 2 aliphatic rings. The maximum Gasteiger partial charge on any atom is 0.330 e. The summed E-state index contributed by atoms with van der Waals surface area (Å²) in [4.78, 5) is 61.9. The van der Waals surface area contributed by atoms with Crippen LogP contribution in [0.15, 0.2) is 55.9 Å². The lowest BCUT2D eigenvalue weighted by Crippen LogP contribution is -2.33. The maximum atomic E-state index is 12.0. The van der Waals surface area contributed by atoms with Crippen molar-refractivity contribution in [1.82, 2.24) is 19.1 Å². The van der Waals surface area contributed by atoms with E-state index in [2.05, 4.69) is 9.97 Å². The van der Waals surface area contributed by atoms with Crippen molar-refractivity contribution in [1.29, 1.82) is 0 Å². The Kier molecular flexibility index (Phi) is 7.33. The van der Waals surface area contributed by atoms with Crippen molar-refractivity contribution < 1.29 is 23.4 Å². The Bertz CT molecular complexity index is 1350. The third-order valence-electron chi connectivity index (χ3n) is 5.25. The van der Waals surface area contributed by atoms with Crippen LogP contribution >= 0.6 is 6.72 Å². The van der Waals surface area contributed by atoms with E-state index in [9.17, 15) is 24.1 Å². The van der Waals surface area contributed by atoms with E-state index in [1.54, 1.807) is 38.2 Å². The Labute approximate surface area is 202 Å². The van der Waals surface area contributed by atoms with Gasteiger partial charge in [0.1, 0.15) is 12.2 Å². The monoisotopic (exact) mass is 526 g/mol. The minimum Gasteiger partial charge on any atom is -0.344 e. The maximum absolute atomic E-state index is 12.0. The number of aromatic amines is 2. The normalized spacial score (nSPS) is 23.9. The summed E-state index contributed by atoms with van der Waals surface area (Å²) in [6, 6.07) is 0. The van der Waals surface area contributed by atoms with Gasteiger partial charge in [0, 0.05) is 23.5 Å². The molecule has 0 radical (unpaired) electrons. The Morgan fingerprint density at radius 1 is 0.857 bits per heavy atom. The zero-order valence-corrected chi connectivity index (χ0v) is 20.4. The van der Waals surface area contributed by atoms with Crippen LogP contribution in [0.2, 0.25) is 0 Å². The first kappa shape index (κ1) is 25.4. The molecule has 2 aromatic rings. The molecule has 0 saturated heterocycles. The lowest BCUT2D eigenvalue weighted by Gasteiger charge is -2.21. The summed E-state index contributed by atoms with van der Waals surface area (Å²) in [6.07, 6.45) is 6.58. The fourth-order valence-electron chi connectivity index (χ4n) is 3.41. The lowest BCUT2D eigenvalue weighted by molar-refractivity contribution is -0.0192. The second-order valence-electron chi connectivity index (χ2n) is 7.92. The van der Waals surface area contributed by atoms with Gasteiger partial charge < -0.3 is 23.4 Å². The predicted molar refractivity (Wildman–Crippen MR) is 127 cm³/mol. The van der Waals surface area contributed by atoms with Crippen molar-refractivity contribution in [2.45, 2.75) is 38.5 Å². The minimum atomic E-state index is -3.66. The Morgan fingerprint density at radius 3 is 1.66 bits per heavy atom. The highest BCUT2D eigenvalue weighted by atomic mass is 32.5. The zero-order valence-electron chi connectivity index (χ0n) is 18.7. The fourth-order valence-corrected chi connectivity index (χ4v) is 4.52. The van der Waals surface area contributed by atoms with E-state index < -0.39 is 53.9 Å². The van der Waals surface area contributed by atoms with Crippen LogP contribution in [0.25, 0.3) is 0 Å². The summed E-state index contributed by atoms with van der Waals surface area (Å²) in [7, 11) is 0. The molecule has 0 aromatic carbocycles. The second-order valence-corrected chi connectivity index (χ2v) is 10.8. The van der Waals surface area contributed by atoms with Crippen molar-refractivity contribution in [2.75, 3.05) is 13.2 Å². The molecule has 2 aliphatic heterocycles. The molecule has 0 unspecified atom stereocenters. The molecule has 15 heteroatoms. The van der Waals surface area contributed by atoms with E-state index in [0.717, 1.165) is 0 Å². The van der Waals surface area contributed by atoms with Crippen LogP contribution in [0.1, 0.15) is 23.6 Å². The molecule has 0 bridgehead atoms. The summed E-state index contributed by atoms with van der Waals surface area (Å²) >= 11 is 5.04. The van der Waals surface area contributed by atoms with Crippen LogP contribution in [0, 0.1) is 13.8 Å². The lowest BCUT2D eigenvalue weighted by atomic mass is 10.3. The molecular weight excluding hydrogens is 503 g/mol. The molecule has 4 rings (SSSR count). The van der Waals surface area contributed by atoms with E-state index in [-0.39, 0.29) is 13.2 Å². The number of aromatic nitrogens is 4. The topological polar surface area (TPSA) is 167 Å². The molecule has 0 saturated carbocycles. The van der Waals surface area contributed by atoms with E-state index >= 15 is 0 Å².